The van der Waals surface area contributed by atoms with E-state index in [1.54, 1.807) is 0 Å². The third-order valence-corrected chi connectivity index (χ3v) is 4.89. The second kappa shape index (κ2) is 4.47. The maximum absolute atomic E-state index is 4.90. The average molecular weight is 232 g/mol. The monoisotopic (exact) mass is 232 g/mol. The first-order valence-electron chi connectivity index (χ1n) is 7.31. The summed E-state index contributed by atoms with van der Waals surface area (Å²) in [6.07, 6.45) is 9.28. The number of hydrogen-bond donors (Lipinski definition) is 1. The molecule has 2 heteroatoms. The predicted molar refractivity (Wildman–Crippen MR) is 70.1 cm³/mol. The molecular weight excluding hydrogens is 208 g/mol. The van der Waals surface area contributed by atoms with Crippen molar-refractivity contribution >= 4 is 0 Å². The zero-order valence-corrected chi connectivity index (χ0v) is 11.1. The van der Waals surface area contributed by atoms with Gasteiger partial charge in [0.25, 0.3) is 0 Å². The van der Waals surface area contributed by atoms with E-state index in [0.717, 1.165) is 17.8 Å². The van der Waals surface area contributed by atoms with Crippen LogP contribution < -0.4 is 0 Å². The van der Waals surface area contributed by atoms with Crippen molar-refractivity contribution in [3.05, 3.63) is 17.2 Å². The van der Waals surface area contributed by atoms with Crippen molar-refractivity contribution in [2.75, 3.05) is 0 Å². The molecule has 17 heavy (non-hydrogen) atoms. The fourth-order valence-corrected chi connectivity index (χ4v) is 3.40. The molecule has 2 aliphatic rings. The van der Waals surface area contributed by atoms with Crippen LogP contribution in [0.3, 0.4) is 0 Å². The van der Waals surface area contributed by atoms with E-state index >= 15 is 0 Å². The van der Waals surface area contributed by atoms with Gasteiger partial charge in [0.1, 0.15) is 5.82 Å². The van der Waals surface area contributed by atoms with Crippen LogP contribution in [-0.2, 0) is 12.8 Å². The third-order valence-electron chi connectivity index (χ3n) is 4.89. The highest BCUT2D eigenvalue weighted by atomic mass is 14.9. The standard InChI is InChI=1S/C15H24N2/c1-10-8-13-14(9-11(10)2)17-15(16-13)12-6-4-3-5-7-12/h10-12H,3-9H2,1-2H3,(H,16,17). The number of fused-ring (bicyclic) bond motifs is 1. The van der Waals surface area contributed by atoms with E-state index in [9.17, 15) is 0 Å². The molecule has 1 heterocycles. The Hall–Kier alpha value is -0.790. The van der Waals surface area contributed by atoms with Crippen LogP contribution in [0.4, 0.5) is 0 Å². The van der Waals surface area contributed by atoms with E-state index in [0.29, 0.717) is 0 Å². The molecule has 0 aliphatic heterocycles. The summed E-state index contributed by atoms with van der Waals surface area (Å²) in [5.41, 5.74) is 2.81. The second-order valence-electron chi connectivity index (χ2n) is 6.25. The maximum atomic E-state index is 4.90. The molecule has 2 atom stereocenters. The van der Waals surface area contributed by atoms with Gasteiger partial charge < -0.3 is 4.98 Å². The van der Waals surface area contributed by atoms with Gasteiger partial charge in [-0.25, -0.2) is 4.98 Å². The van der Waals surface area contributed by atoms with Crippen molar-refractivity contribution in [3.8, 4) is 0 Å². The van der Waals surface area contributed by atoms with E-state index < -0.39 is 0 Å². The molecule has 0 spiro atoms. The number of nitrogens with zero attached hydrogens (tertiary/aromatic N) is 1. The predicted octanol–water partition coefficient (Wildman–Crippen LogP) is 3.83. The molecule has 1 fully saturated rings. The highest BCUT2D eigenvalue weighted by Crippen LogP contribution is 2.34. The van der Waals surface area contributed by atoms with Crippen LogP contribution in [0.25, 0.3) is 0 Å². The van der Waals surface area contributed by atoms with Crippen LogP contribution in [-0.4, -0.2) is 9.97 Å². The van der Waals surface area contributed by atoms with E-state index in [-0.39, 0.29) is 0 Å². The van der Waals surface area contributed by atoms with Crippen molar-refractivity contribution < 1.29 is 0 Å². The number of nitrogens with one attached hydrogen (secondary N) is 1. The van der Waals surface area contributed by atoms with Crippen molar-refractivity contribution in [3.63, 3.8) is 0 Å². The first-order valence-corrected chi connectivity index (χ1v) is 7.31. The van der Waals surface area contributed by atoms with Crippen LogP contribution >= 0.6 is 0 Å². The molecule has 94 valence electrons. The Morgan fingerprint density at radius 1 is 1.00 bits per heavy atom. The number of aromatic nitrogens is 2. The molecule has 1 aromatic heterocycles. The molecule has 2 unspecified atom stereocenters. The lowest BCUT2D eigenvalue weighted by molar-refractivity contribution is 0.355. The van der Waals surface area contributed by atoms with E-state index in [1.165, 1.54) is 62.2 Å². The molecule has 3 rings (SSSR count). The Kier molecular flexibility index (Phi) is 2.97. The summed E-state index contributed by atoms with van der Waals surface area (Å²) in [4.78, 5) is 8.55. The van der Waals surface area contributed by atoms with Crippen molar-refractivity contribution in [1.82, 2.24) is 9.97 Å². The van der Waals surface area contributed by atoms with Gasteiger partial charge in [-0.3, -0.25) is 0 Å². The minimum atomic E-state index is 0.722. The average Bonchev–Trinajstić information content (AvgIpc) is 2.74. The normalized spacial score (nSPS) is 30.2. The fourth-order valence-electron chi connectivity index (χ4n) is 3.40. The molecule has 0 aromatic carbocycles. The van der Waals surface area contributed by atoms with E-state index in [1.807, 2.05) is 0 Å². The summed E-state index contributed by atoms with van der Waals surface area (Å²) in [6.45, 7) is 4.73. The van der Waals surface area contributed by atoms with E-state index in [4.69, 9.17) is 4.98 Å². The molecule has 0 saturated heterocycles. The molecular formula is C15H24N2. The quantitative estimate of drug-likeness (QED) is 0.783. The Bertz CT molecular complexity index is 360. The van der Waals surface area contributed by atoms with Gasteiger partial charge in [0.05, 0.1) is 5.69 Å². The zero-order chi connectivity index (χ0) is 11.8. The molecule has 2 nitrogen and oxygen atoms in total. The summed E-state index contributed by atoms with van der Waals surface area (Å²) in [5, 5.41) is 0. The highest BCUT2D eigenvalue weighted by Gasteiger charge is 2.27. The fraction of sp³-hybridized carbons (Fsp3) is 0.800. The molecule has 0 bridgehead atoms. The van der Waals surface area contributed by atoms with Gasteiger partial charge in [-0.05, 0) is 37.5 Å². The summed E-state index contributed by atoms with van der Waals surface area (Å²) in [5.74, 6) is 3.63. The Labute approximate surface area is 104 Å². The van der Waals surface area contributed by atoms with Gasteiger partial charge in [-0.15, -0.1) is 0 Å². The van der Waals surface area contributed by atoms with Crippen LogP contribution in [0, 0.1) is 11.8 Å². The minimum absolute atomic E-state index is 0.722. The summed E-state index contributed by atoms with van der Waals surface area (Å²) < 4.78 is 0. The van der Waals surface area contributed by atoms with Gasteiger partial charge in [0.15, 0.2) is 0 Å². The third kappa shape index (κ3) is 2.14. The Morgan fingerprint density at radius 2 is 1.71 bits per heavy atom. The van der Waals surface area contributed by atoms with Gasteiger partial charge >= 0.3 is 0 Å². The van der Waals surface area contributed by atoms with Crippen molar-refractivity contribution in [2.45, 2.75) is 64.7 Å². The summed E-state index contributed by atoms with van der Waals surface area (Å²) in [7, 11) is 0. The largest absolute Gasteiger partial charge is 0.345 e. The maximum Gasteiger partial charge on any atom is 0.109 e. The lowest BCUT2D eigenvalue weighted by atomic mass is 9.82. The minimum Gasteiger partial charge on any atom is -0.345 e. The molecule has 1 aromatic rings. The smallest absolute Gasteiger partial charge is 0.109 e. The second-order valence-corrected chi connectivity index (χ2v) is 6.25. The molecule has 1 N–H and O–H groups in total. The molecule has 1 saturated carbocycles. The van der Waals surface area contributed by atoms with Crippen molar-refractivity contribution in [1.29, 1.82) is 0 Å². The van der Waals surface area contributed by atoms with Crippen molar-refractivity contribution in [2.24, 2.45) is 11.8 Å². The first kappa shape index (κ1) is 11.3. The van der Waals surface area contributed by atoms with Gasteiger partial charge in [-0.1, -0.05) is 33.1 Å². The van der Waals surface area contributed by atoms with Crippen LogP contribution in [0.1, 0.15) is 69.1 Å². The Balaban J connectivity index is 1.81. The number of H-pyrrole nitrogens is 1. The number of hydrogen-bond acceptors (Lipinski definition) is 1. The van der Waals surface area contributed by atoms with Crippen LogP contribution in [0.15, 0.2) is 0 Å². The lowest BCUT2D eigenvalue weighted by Gasteiger charge is -2.24. The van der Waals surface area contributed by atoms with Crippen LogP contribution in [0.2, 0.25) is 0 Å². The number of imidazole rings is 1. The van der Waals surface area contributed by atoms with Gasteiger partial charge in [0, 0.05) is 11.6 Å². The van der Waals surface area contributed by atoms with Gasteiger partial charge in [0.2, 0.25) is 0 Å². The summed E-state index contributed by atoms with van der Waals surface area (Å²) >= 11 is 0. The summed E-state index contributed by atoms with van der Waals surface area (Å²) in [6, 6.07) is 0. The number of rotatable bonds is 1. The Morgan fingerprint density at radius 3 is 2.47 bits per heavy atom. The van der Waals surface area contributed by atoms with Crippen LogP contribution in [0.5, 0.6) is 0 Å². The SMILES string of the molecule is CC1Cc2nc(C3CCCCC3)[nH]c2CC1C. The highest BCUT2D eigenvalue weighted by molar-refractivity contribution is 5.21. The molecule has 0 amide bonds. The lowest BCUT2D eigenvalue weighted by Crippen LogP contribution is -2.20. The zero-order valence-electron chi connectivity index (χ0n) is 11.1. The topological polar surface area (TPSA) is 28.7 Å². The molecule has 0 radical (unpaired) electrons. The van der Waals surface area contributed by atoms with E-state index in [2.05, 4.69) is 18.8 Å². The first-order chi connectivity index (χ1) is 8.24. The molecule has 2 aliphatic carbocycles. The van der Waals surface area contributed by atoms with Gasteiger partial charge in [-0.2, -0.15) is 0 Å². The number of aromatic amines is 1.